The van der Waals surface area contributed by atoms with Gasteiger partial charge in [0.05, 0.1) is 34.2 Å². The van der Waals surface area contributed by atoms with Crippen molar-refractivity contribution >= 4 is 28.1 Å². The van der Waals surface area contributed by atoms with Gasteiger partial charge >= 0.3 is 0 Å². The highest BCUT2D eigenvalue weighted by atomic mass is 16.5. The largest absolute Gasteiger partial charge is 0.497 e. The van der Waals surface area contributed by atoms with Crippen LogP contribution in [0.2, 0.25) is 0 Å². The Labute approximate surface area is 210 Å². The number of furan rings is 1. The first-order valence-corrected chi connectivity index (χ1v) is 11.5. The number of rotatable bonds is 9. The van der Waals surface area contributed by atoms with Crippen molar-refractivity contribution in [2.45, 2.75) is 13.8 Å². The molecule has 186 valence electrons. The number of fused-ring (bicyclic) bond motifs is 1. The van der Waals surface area contributed by atoms with Gasteiger partial charge in [0, 0.05) is 40.4 Å². The molecular weight excluding hydrogens is 458 g/mol. The van der Waals surface area contributed by atoms with Crippen molar-refractivity contribution in [2.75, 3.05) is 33.3 Å². The van der Waals surface area contributed by atoms with Crippen molar-refractivity contribution in [2.24, 2.45) is 0 Å². The first kappa shape index (κ1) is 24.7. The maximum Gasteiger partial charge on any atom is 0.248 e. The van der Waals surface area contributed by atoms with Crippen molar-refractivity contribution in [1.82, 2.24) is 0 Å². The molecule has 0 unspecified atom stereocenters. The zero-order valence-electron chi connectivity index (χ0n) is 21.0. The van der Waals surface area contributed by atoms with E-state index in [1.54, 1.807) is 51.9 Å². The Hall–Kier alpha value is -4.39. The van der Waals surface area contributed by atoms with Crippen LogP contribution in [0, 0.1) is 0 Å². The summed E-state index contributed by atoms with van der Waals surface area (Å²) in [6.45, 7) is 4.27. The topological polar surface area (TPSA) is 79.2 Å². The number of amides is 1. The van der Waals surface area contributed by atoms with Gasteiger partial charge < -0.3 is 28.7 Å². The van der Waals surface area contributed by atoms with Crippen LogP contribution in [0.1, 0.15) is 19.4 Å². The molecule has 1 aromatic heterocycles. The second-order valence-electron chi connectivity index (χ2n) is 8.05. The van der Waals surface area contributed by atoms with Gasteiger partial charge in [0.15, 0.2) is 11.5 Å². The molecule has 0 bridgehead atoms. The van der Waals surface area contributed by atoms with Gasteiger partial charge in [-0.15, -0.1) is 0 Å². The molecule has 0 aliphatic carbocycles. The predicted octanol–water partition coefficient (Wildman–Crippen LogP) is 6.57. The lowest BCUT2D eigenvalue weighted by Gasteiger charge is -2.12. The highest BCUT2D eigenvalue weighted by Gasteiger charge is 2.16. The summed E-state index contributed by atoms with van der Waals surface area (Å²) in [6, 6.07) is 16.9. The van der Waals surface area contributed by atoms with E-state index < -0.39 is 0 Å². The molecule has 7 nitrogen and oxygen atoms in total. The summed E-state index contributed by atoms with van der Waals surface area (Å²) in [5.41, 5.74) is 4.74. The first-order valence-electron chi connectivity index (χ1n) is 11.5. The van der Waals surface area contributed by atoms with Crippen molar-refractivity contribution < 1.29 is 28.2 Å². The number of carbonyl (C=O) groups excluding carboxylic acids is 1. The van der Waals surface area contributed by atoms with Crippen molar-refractivity contribution in [3.63, 3.8) is 0 Å². The number of hydrogen-bond donors (Lipinski definition) is 1. The molecule has 0 aliphatic heterocycles. The molecule has 0 saturated heterocycles. The molecule has 4 rings (SSSR count). The number of allylic oxidation sites excluding steroid dienone is 1. The van der Waals surface area contributed by atoms with Crippen molar-refractivity contribution in [3.8, 4) is 34.1 Å². The Morgan fingerprint density at radius 1 is 0.944 bits per heavy atom. The monoisotopic (exact) mass is 487 g/mol. The summed E-state index contributed by atoms with van der Waals surface area (Å²) < 4.78 is 27.7. The molecular formula is C29H29NO6. The fourth-order valence-electron chi connectivity index (χ4n) is 4.02. The molecule has 7 heteroatoms. The second-order valence-corrected chi connectivity index (χ2v) is 8.05. The van der Waals surface area contributed by atoms with E-state index in [2.05, 4.69) is 5.32 Å². The van der Waals surface area contributed by atoms with Crippen LogP contribution in [0.4, 0.5) is 5.69 Å². The number of benzene rings is 3. The highest BCUT2D eigenvalue weighted by Crippen LogP contribution is 2.38. The van der Waals surface area contributed by atoms with Crippen molar-refractivity contribution in [1.29, 1.82) is 0 Å². The van der Waals surface area contributed by atoms with Gasteiger partial charge in [-0.05, 0) is 55.3 Å². The quantitative estimate of drug-likeness (QED) is 0.269. The average Bonchev–Trinajstić information content (AvgIpc) is 3.31. The molecule has 1 N–H and O–H groups in total. The lowest BCUT2D eigenvalue weighted by Crippen LogP contribution is -2.09. The maximum atomic E-state index is 12.9. The Morgan fingerprint density at radius 2 is 1.75 bits per heavy atom. The molecule has 1 amide bonds. The number of ether oxygens (including phenoxy) is 4. The van der Waals surface area contributed by atoms with Gasteiger partial charge in [0.2, 0.25) is 5.91 Å². The Kier molecular flexibility index (Phi) is 7.49. The average molecular weight is 488 g/mol. The molecule has 4 aromatic rings. The highest BCUT2D eigenvalue weighted by molar-refractivity contribution is 6.05. The van der Waals surface area contributed by atoms with E-state index in [-0.39, 0.29) is 5.91 Å². The van der Waals surface area contributed by atoms with E-state index in [4.69, 9.17) is 23.4 Å². The normalized spacial score (nSPS) is 11.3. The van der Waals surface area contributed by atoms with Gasteiger partial charge in [0.25, 0.3) is 0 Å². The Balaban J connectivity index is 1.69. The summed E-state index contributed by atoms with van der Waals surface area (Å²) in [7, 11) is 4.75. The van der Waals surface area contributed by atoms with E-state index in [0.29, 0.717) is 35.1 Å². The lowest BCUT2D eigenvalue weighted by molar-refractivity contribution is -0.111. The molecule has 3 aromatic carbocycles. The molecule has 0 radical (unpaired) electrons. The van der Waals surface area contributed by atoms with Crippen molar-refractivity contribution in [3.05, 3.63) is 72.5 Å². The third-order valence-electron chi connectivity index (χ3n) is 5.78. The summed E-state index contributed by atoms with van der Waals surface area (Å²) in [5.74, 6) is 2.25. The standard InChI is InChI=1S/C29H29NO6/c1-6-35-26-16-27-23(24(17-36-27)19-8-7-9-21(13-19)32-3)15-22(26)18(2)12-29(31)30-20-10-11-25(33-4)28(14-20)34-5/h7-17H,6H2,1-5H3,(H,30,31)/b18-12+. The summed E-state index contributed by atoms with van der Waals surface area (Å²) in [4.78, 5) is 12.9. The third-order valence-corrected chi connectivity index (χ3v) is 5.78. The summed E-state index contributed by atoms with van der Waals surface area (Å²) in [5, 5.41) is 3.79. The van der Waals surface area contributed by atoms with E-state index in [1.165, 1.54) is 0 Å². The Morgan fingerprint density at radius 3 is 2.47 bits per heavy atom. The molecule has 1 heterocycles. The van der Waals surface area contributed by atoms with Crippen LogP contribution in [0.15, 0.2) is 71.4 Å². The summed E-state index contributed by atoms with van der Waals surface area (Å²) in [6.07, 6.45) is 3.27. The number of anilines is 1. The fourth-order valence-corrected chi connectivity index (χ4v) is 4.02. The summed E-state index contributed by atoms with van der Waals surface area (Å²) >= 11 is 0. The van der Waals surface area contributed by atoms with Crippen LogP contribution in [-0.2, 0) is 4.79 Å². The number of nitrogens with one attached hydrogen (secondary N) is 1. The van der Waals surface area contributed by atoms with Crippen LogP contribution in [0.25, 0.3) is 27.7 Å². The number of carbonyl (C=O) groups is 1. The van der Waals surface area contributed by atoms with Crippen LogP contribution in [0.5, 0.6) is 23.0 Å². The second kappa shape index (κ2) is 10.9. The first-order chi connectivity index (χ1) is 17.5. The van der Waals surface area contributed by atoms with E-state index in [9.17, 15) is 4.79 Å². The maximum absolute atomic E-state index is 12.9. The third kappa shape index (κ3) is 5.15. The lowest BCUT2D eigenvalue weighted by atomic mass is 9.99. The van der Waals surface area contributed by atoms with E-state index in [1.807, 2.05) is 50.2 Å². The predicted molar refractivity (Wildman–Crippen MR) is 141 cm³/mol. The van der Waals surface area contributed by atoms with Gasteiger partial charge in [-0.1, -0.05) is 12.1 Å². The van der Waals surface area contributed by atoms with E-state index in [0.717, 1.165) is 33.4 Å². The van der Waals surface area contributed by atoms with Crippen LogP contribution >= 0.6 is 0 Å². The van der Waals surface area contributed by atoms with Crippen LogP contribution in [-0.4, -0.2) is 33.8 Å². The molecule has 36 heavy (non-hydrogen) atoms. The zero-order valence-corrected chi connectivity index (χ0v) is 21.0. The fraction of sp³-hybridized carbons (Fsp3) is 0.207. The van der Waals surface area contributed by atoms with Gasteiger partial charge in [-0.3, -0.25) is 4.79 Å². The van der Waals surface area contributed by atoms with Crippen LogP contribution < -0.4 is 24.3 Å². The molecule has 0 fully saturated rings. The molecule has 0 atom stereocenters. The number of hydrogen-bond acceptors (Lipinski definition) is 6. The minimum absolute atomic E-state index is 0.275. The number of methoxy groups -OCH3 is 3. The zero-order chi connectivity index (χ0) is 25.7. The molecule has 0 saturated carbocycles. The van der Waals surface area contributed by atoms with Gasteiger partial charge in [0.1, 0.15) is 17.1 Å². The molecule has 0 spiro atoms. The van der Waals surface area contributed by atoms with Gasteiger partial charge in [-0.2, -0.15) is 0 Å². The van der Waals surface area contributed by atoms with Crippen LogP contribution in [0.3, 0.4) is 0 Å². The molecule has 0 aliphatic rings. The minimum Gasteiger partial charge on any atom is -0.497 e. The minimum atomic E-state index is -0.275. The Bertz CT molecular complexity index is 1420. The smallest absolute Gasteiger partial charge is 0.248 e. The SMILES string of the molecule is CCOc1cc2occ(-c3cccc(OC)c3)c2cc1/C(C)=C/C(=O)Nc1ccc(OC)c(OC)c1. The van der Waals surface area contributed by atoms with Gasteiger partial charge in [-0.25, -0.2) is 0 Å². The van der Waals surface area contributed by atoms with E-state index >= 15 is 0 Å².